The molecule has 0 bridgehead atoms. The summed E-state index contributed by atoms with van der Waals surface area (Å²) >= 11 is 0. The van der Waals surface area contributed by atoms with Gasteiger partial charge in [-0.05, 0) is 49.2 Å². The normalized spacial score (nSPS) is 11.3. The predicted molar refractivity (Wildman–Crippen MR) is 133 cm³/mol. The van der Waals surface area contributed by atoms with Crippen LogP contribution >= 0.6 is 24.0 Å². The van der Waals surface area contributed by atoms with Crippen LogP contribution in [0.2, 0.25) is 0 Å². The average Bonchev–Trinajstić information content (AvgIpc) is 3.45. The lowest BCUT2D eigenvalue weighted by atomic mass is 10.1. The summed E-state index contributed by atoms with van der Waals surface area (Å²) in [6, 6.07) is 16.3. The Morgan fingerprint density at radius 1 is 0.968 bits per heavy atom. The molecule has 3 heterocycles. The molecule has 9 heteroatoms. The van der Waals surface area contributed by atoms with E-state index in [-0.39, 0.29) is 24.0 Å². The molecule has 8 nitrogen and oxygen atoms in total. The van der Waals surface area contributed by atoms with Crippen LogP contribution in [0.25, 0.3) is 11.3 Å². The number of pyridine rings is 1. The summed E-state index contributed by atoms with van der Waals surface area (Å²) in [6.45, 7) is 4.33. The first-order chi connectivity index (χ1) is 14.8. The van der Waals surface area contributed by atoms with Crippen molar-refractivity contribution < 1.29 is 0 Å². The van der Waals surface area contributed by atoms with Gasteiger partial charge in [0.05, 0.1) is 5.69 Å². The van der Waals surface area contributed by atoms with Gasteiger partial charge in [0.25, 0.3) is 0 Å². The molecule has 0 radical (unpaired) electrons. The van der Waals surface area contributed by atoms with Crippen LogP contribution in [0.4, 0.5) is 0 Å². The van der Waals surface area contributed by atoms with Crippen LogP contribution in [-0.4, -0.2) is 50.0 Å². The largest absolute Gasteiger partial charge is 0.357 e. The zero-order chi connectivity index (χ0) is 20.6. The van der Waals surface area contributed by atoms with Crippen molar-refractivity contribution in [2.45, 2.75) is 19.8 Å². The highest BCUT2D eigenvalue weighted by atomic mass is 127. The molecule has 0 saturated carbocycles. The van der Waals surface area contributed by atoms with Crippen molar-refractivity contribution in [2.24, 2.45) is 4.99 Å². The van der Waals surface area contributed by atoms with E-state index in [1.807, 2.05) is 45.7 Å². The summed E-state index contributed by atoms with van der Waals surface area (Å²) in [5.74, 6) is 1.74. The van der Waals surface area contributed by atoms with Crippen molar-refractivity contribution in [3.05, 3.63) is 78.5 Å². The van der Waals surface area contributed by atoms with Crippen LogP contribution in [0.5, 0.6) is 0 Å². The number of rotatable bonds is 8. The molecule has 0 aliphatic carbocycles. The van der Waals surface area contributed by atoms with Crippen molar-refractivity contribution in [1.29, 1.82) is 0 Å². The number of fused-ring (bicyclic) bond motifs is 1. The maximum absolute atomic E-state index is 4.68. The predicted octanol–water partition coefficient (Wildman–Crippen LogP) is 2.87. The Kier molecular flexibility index (Phi) is 8.39. The van der Waals surface area contributed by atoms with E-state index in [0.717, 1.165) is 49.0 Å². The Labute approximate surface area is 198 Å². The first-order valence-electron chi connectivity index (χ1n) is 10.2. The fourth-order valence-electron chi connectivity index (χ4n) is 3.23. The van der Waals surface area contributed by atoms with Crippen LogP contribution in [-0.2, 0) is 12.8 Å². The van der Waals surface area contributed by atoms with E-state index in [9.17, 15) is 0 Å². The van der Waals surface area contributed by atoms with Gasteiger partial charge in [0.1, 0.15) is 5.82 Å². The molecule has 31 heavy (non-hydrogen) atoms. The van der Waals surface area contributed by atoms with Crippen molar-refractivity contribution in [2.75, 3.05) is 19.6 Å². The number of halogens is 1. The number of benzene rings is 1. The average molecular weight is 530 g/mol. The first-order valence-corrected chi connectivity index (χ1v) is 10.2. The Morgan fingerprint density at radius 2 is 1.84 bits per heavy atom. The molecule has 1 aromatic carbocycles. The lowest BCUT2D eigenvalue weighted by Gasteiger charge is -2.11. The van der Waals surface area contributed by atoms with Crippen LogP contribution in [0.15, 0.2) is 72.1 Å². The number of nitrogens with one attached hydrogen (secondary N) is 2. The van der Waals surface area contributed by atoms with E-state index in [0.29, 0.717) is 6.54 Å². The molecule has 0 amide bonds. The highest BCUT2D eigenvalue weighted by Crippen LogP contribution is 2.09. The minimum atomic E-state index is 0. The number of aliphatic imine (C=N–C) groups is 1. The Morgan fingerprint density at radius 3 is 2.61 bits per heavy atom. The van der Waals surface area contributed by atoms with Gasteiger partial charge in [-0.15, -0.1) is 34.2 Å². The Hall–Kier alpha value is -2.95. The van der Waals surface area contributed by atoms with Crippen LogP contribution in [0.1, 0.15) is 18.3 Å². The maximum Gasteiger partial charge on any atom is 0.191 e. The number of aromatic nitrogens is 5. The van der Waals surface area contributed by atoms with Crippen molar-refractivity contribution >= 4 is 35.6 Å². The monoisotopic (exact) mass is 530 g/mol. The number of hydrogen-bond acceptors (Lipinski definition) is 4. The highest BCUT2D eigenvalue weighted by molar-refractivity contribution is 14.0. The molecule has 0 unspecified atom stereocenters. The summed E-state index contributed by atoms with van der Waals surface area (Å²) in [5.41, 5.74) is 3.19. The SMILES string of the molecule is CCNC(=NCCc1nnc2ccccn12)NCCc1ccc(-n2cccn2)cc1.I. The molecule has 4 rings (SSSR count). The summed E-state index contributed by atoms with van der Waals surface area (Å²) in [4.78, 5) is 4.68. The summed E-state index contributed by atoms with van der Waals surface area (Å²) in [6.07, 6.45) is 7.35. The van der Waals surface area contributed by atoms with E-state index in [1.165, 1.54) is 5.56 Å². The molecular weight excluding hydrogens is 503 g/mol. The topological polar surface area (TPSA) is 84.4 Å². The lowest BCUT2D eigenvalue weighted by Crippen LogP contribution is -2.38. The molecular formula is C22H27IN8. The fraction of sp³-hybridized carbons (Fsp3) is 0.273. The van der Waals surface area contributed by atoms with Crippen molar-refractivity contribution in [3.8, 4) is 5.69 Å². The molecule has 2 N–H and O–H groups in total. The van der Waals surface area contributed by atoms with E-state index in [4.69, 9.17) is 0 Å². The summed E-state index contributed by atoms with van der Waals surface area (Å²) < 4.78 is 3.86. The third-order valence-electron chi connectivity index (χ3n) is 4.75. The number of nitrogens with zero attached hydrogens (tertiary/aromatic N) is 6. The number of guanidine groups is 1. The van der Waals surface area contributed by atoms with Crippen LogP contribution < -0.4 is 10.6 Å². The quantitative estimate of drug-likeness (QED) is 0.208. The van der Waals surface area contributed by atoms with Crippen LogP contribution in [0.3, 0.4) is 0 Å². The maximum atomic E-state index is 4.68. The first kappa shape index (κ1) is 22.7. The summed E-state index contributed by atoms with van der Waals surface area (Å²) in [5, 5.41) is 19.4. The Bertz CT molecular complexity index is 1090. The fourth-order valence-corrected chi connectivity index (χ4v) is 3.23. The second-order valence-electron chi connectivity index (χ2n) is 6.85. The molecule has 0 aliphatic rings. The van der Waals surface area contributed by atoms with Crippen LogP contribution in [0, 0.1) is 0 Å². The molecule has 162 valence electrons. The van der Waals surface area contributed by atoms with Gasteiger partial charge < -0.3 is 10.6 Å². The molecule has 0 aliphatic heterocycles. The molecule has 0 atom stereocenters. The molecule has 3 aromatic heterocycles. The van der Waals surface area contributed by atoms with Gasteiger partial charge in [-0.25, -0.2) is 4.68 Å². The summed E-state index contributed by atoms with van der Waals surface area (Å²) in [7, 11) is 0. The van der Waals surface area contributed by atoms with Gasteiger partial charge in [0, 0.05) is 44.6 Å². The standard InChI is InChI=1S/C22H26N8.HI/c1-2-23-22(25-15-12-21-28-27-20-6-3-4-16-29(20)21)24-14-11-18-7-9-19(10-8-18)30-17-5-13-26-30;/h3-10,13,16-17H,2,11-12,14-15H2,1H3,(H2,23,24,25);1H. The molecule has 0 spiro atoms. The second kappa shape index (κ2) is 11.4. The van der Waals surface area contributed by atoms with Gasteiger partial charge in [-0.1, -0.05) is 18.2 Å². The van der Waals surface area contributed by atoms with Crippen molar-refractivity contribution in [1.82, 2.24) is 35.0 Å². The van der Waals surface area contributed by atoms with Crippen molar-refractivity contribution in [3.63, 3.8) is 0 Å². The smallest absolute Gasteiger partial charge is 0.191 e. The van der Waals surface area contributed by atoms with E-state index in [1.54, 1.807) is 6.20 Å². The third-order valence-corrected chi connectivity index (χ3v) is 4.75. The minimum Gasteiger partial charge on any atom is -0.357 e. The Balaban J connectivity index is 0.00000272. The van der Waals surface area contributed by atoms with Gasteiger partial charge in [0.15, 0.2) is 11.6 Å². The zero-order valence-electron chi connectivity index (χ0n) is 17.5. The van der Waals surface area contributed by atoms with E-state index < -0.39 is 0 Å². The zero-order valence-corrected chi connectivity index (χ0v) is 19.8. The minimum absolute atomic E-state index is 0. The van der Waals surface area contributed by atoms with Gasteiger partial charge >= 0.3 is 0 Å². The van der Waals surface area contributed by atoms with E-state index >= 15 is 0 Å². The molecule has 0 fully saturated rings. The van der Waals surface area contributed by atoms with Gasteiger partial charge in [0.2, 0.25) is 0 Å². The molecule has 4 aromatic rings. The van der Waals surface area contributed by atoms with Gasteiger partial charge in [-0.2, -0.15) is 5.10 Å². The second-order valence-corrected chi connectivity index (χ2v) is 6.85. The molecule has 0 saturated heterocycles. The lowest BCUT2D eigenvalue weighted by molar-refractivity contribution is 0.785. The number of hydrogen-bond donors (Lipinski definition) is 2. The van der Waals surface area contributed by atoms with E-state index in [2.05, 4.69) is 62.1 Å². The third kappa shape index (κ3) is 6.03. The van der Waals surface area contributed by atoms with Gasteiger partial charge in [-0.3, -0.25) is 9.39 Å². The highest BCUT2D eigenvalue weighted by Gasteiger charge is 2.04.